The highest BCUT2D eigenvalue weighted by Gasteiger charge is 2.16. The Hall–Kier alpha value is -1.45. The molecule has 4 N–H and O–H groups in total. The Morgan fingerprint density at radius 2 is 1.75 bits per heavy atom. The van der Waals surface area contributed by atoms with Gasteiger partial charge in [0, 0.05) is 12.2 Å². The van der Waals surface area contributed by atoms with Gasteiger partial charge in [0.15, 0.2) is 0 Å². The van der Waals surface area contributed by atoms with Gasteiger partial charge in [-0.3, -0.25) is 4.79 Å². The predicted molar refractivity (Wildman–Crippen MR) is 66.3 cm³/mol. The quantitative estimate of drug-likeness (QED) is 0.711. The molecule has 1 aliphatic rings. The van der Waals surface area contributed by atoms with Crippen molar-refractivity contribution in [2.45, 2.75) is 44.6 Å². The standard InChI is InChI=1S/C12H19N3O/c13-9-7-11(14)12(16)15(8-9)10-5-3-1-2-4-6-10/h7-8,10H,1-6,13-14H2. The second kappa shape index (κ2) is 4.60. The summed E-state index contributed by atoms with van der Waals surface area (Å²) < 4.78 is 1.73. The Morgan fingerprint density at radius 3 is 2.38 bits per heavy atom. The van der Waals surface area contributed by atoms with Crippen LogP contribution in [0.2, 0.25) is 0 Å². The first kappa shape index (κ1) is 11.0. The number of rotatable bonds is 1. The molecule has 1 heterocycles. The first-order valence-corrected chi connectivity index (χ1v) is 5.95. The van der Waals surface area contributed by atoms with E-state index in [0.29, 0.717) is 5.69 Å². The minimum Gasteiger partial charge on any atom is -0.397 e. The van der Waals surface area contributed by atoms with Crippen LogP contribution in [0.25, 0.3) is 0 Å². The van der Waals surface area contributed by atoms with Crippen LogP contribution >= 0.6 is 0 Å². The molecule has 0 spiro atoms. The largest absolute Gasteiger partial charge is 0.397 e. The number of hydrogen-bond donors (Lipinski definition) is 2. The minimum absolute atomic E-state index is 0.0962. The van der Waals surface area contributed by atoms with E-state index in [0.717, 1.165) is 12.8 Å². The highest BCUT2D eigenvalue weighted by atomic mass is 16.1. The van der Waals surface area contributed by atoms with Crippen molar-refractivity contribution in [2.75, 3.05) is 11.5 Å². The zero-order valence-corrected chi connectivity index (χ0v) is 9.48. The van der Waals surface area contributed by atoms with Crippen molar-refractivity contribution >= 4 is 11.4 Å². The van der Waals surface area contributed by atoms with E-state index in [2.05, 4.69) is 0 Å². The maximum Gasteiger partial charge on any atom is 0.274 e. The number of nitrogens with zero attached hydrogens (tertiary/aromatic N) is 1. The smallest absolute Gasteiger partial charge is 0.274 e. The molecular formula is C12H19N3O. The third-order valence-electron chi connectivity index (χ3n) is 3.31. The molecule has 1 aliphatic carbocycles. The van der Waals surface area contributed by atoms with E-state index in [-0.39, 0.29) is 17.3 Å². The molecule has 4 nitrogen and oxygen atoms in total. The lowest BCUT2D eigenvalue weighted by Gasteiger charge is -2.18. The van der Waals surface area contributed by atoms with Crippen molar-refractivity contribution in [3.63, 3.8) is 0 Å². The number of aromatic nitrogens is 1. The zero-order chi connectivity index (χ0) is 11.5. The molecule has 4 heteroatoms. The van der Waals surface area contributed by atoms with Gasteiger partial charge in [0.2, 0.25) is 0 Å². The van der Waals surface area contributed by atoms with Crippen molar-refractivity contribution in [3.05, 3.63) is 22.6 Å². The van der Waals surface area contributed by atoms with E-state index in [1.54, 1.807) is 10.8 Å². The molecule has 0 bridgehead atoms. The van der Waals surface area contributed by atoms with E-state index < -0.39 is 0 Å². The third-order valence-corrected chi connectivity index (χ3v) is 3.31. The SMILES string of the molecule is Nc1cc(N)c(=O)n(C2CCCCCC2)c1. The molecule has 2 rings (SSSR count). The van der Waals surface area contributed by atoms with Crippen LogP contribution in [0.15, 0.2) is 17.1 Å². The van der Waals surface area contributed by atoms with Crippen LogP contribution in [0.1, 0.15) is 44.6 Å². The fraction of sp³-hybridized carbons (Fsp3) is 0.583. The number of pyridine rings is 1. The molecule has 88 valence electrons. The van der Waals surface area contributed by atoms with Crippen LogP contribution in [0, 0.1) is 0 Å². The molecule has 1 fully saturated rings. The maximum atomic E-state index is 11.9. The molecule has 0 aromatic carbocycles. The van der Waals surface area contributed by atoms with Gasteiger partial charge in [0.25, 0.3) is 5.56 Å². The number of nitrogen functional groups attached to an aromatic ring is 2. The number of anilines is 2. The molecule has 0 atom stereocenters. The topological polar surface area (TPSA) is 74.0 Å². The molecular weight excluding hydrogens is 202 g/mol. The first-order chi connectivity index (χ1) is 7.68. The summed E-state index contributed by atoms with van der Waals surface area (Å²) >= 11 is 0. The van der Waals surface area contributed by atoms with Gasteiger partial charge in [-0.1, -0.05) is 25.7 Å². The molecule has 16 heavy (non-hydrogen) atoms. The lowest BCUT2D eigenvalue weighted by atomic mass is 10.1. The zero-order valence-electron chi connectivity index (χ0n) is 9.48. The third kappa shape index (κ3) is 2.21. The van der Waals surface area contributed by atoms with Crippen LogP contribution < -0.4 is 17.0 Å². The van der Waals surface area contributed by atoms with Gasteiger partial charge < -0.3 is 16.0 Å². The fourth-order valence-corrected chi connectivity index (χ4v) is 2.45. The fourth-order valence-electron chi connectivity index (χ4n) is 2.45. The van der Waals surface area contributed by atoms with E-state index in [1.807, 2.05) is 0 Å². The highest BCUT2D eigenvalue weighted by Crippen LogP contribution is 2.26. The predicted octanol–water partition coefficient (Wildman–Crippen LogP) is 1.91. The molecule has 0 unspecified atom stereocenters. The number of hydrogen-bond acceptors (Lipinski definition) is 3. The summed E-state index contributed by atoms with van der Waals surface area (Å²) in [5.41, 5.74) is 12.1. The molecule has 1 aromatic rings. The van der Waals surface area contributed by atoms with Crippen molar-refractivity contribution in [1.29, 1.82) is 0 Å². The van der Waals surface area contributed by atoms with Crippen molar-refractivity contribution in [2.24, 2.45) is 0 Å². The lowest BCUT2D eigenvalue weighted by molar-refractivity contribution is 0.433. The normalized spacial score (nSPS) is 18.2. The second-order valence-electron chi connectivity index (χ2n) is 4.59. The van der Waals surface area contributed by atoms with Crippen molar-refractivity contribution < 1.29 is 0 Å². The van der Waals surface area contributed by atoms with Gasteiger partial charge in [-0.05, 0) is 18.9 Å². The van der Waals surface area contributed by atoms with Gasteiger partial charge in [0.05, 0.1) is 11.4 Å². The average Bonchev–Trinajstić information content (AvgIpc) is 2.51. The van der Waals surface area contributed by atoms with E-state index >= 15 is 0 Å². The van der Waals surface area contributed by atoms with Crippen LogP contribution in [0.3, 0.4) is 0 Å². The van der Waals surface area contributed by atoms with Gasteiger partial charge in [-0.25, -0.2) is 0 Å². The van der Waals surface area contributed by atoms with Gasteiger partial charge in [-0.2, -0.15) is 0 Å². The van der Waals surface area contributed by atoms with E-state index in [9.17, 15) is 4.79 Å². The molecule has 0 amide bonds. The summed E-state index contributed by atoms with van der Waals surface area (Å²) in [7, 11) is 0. The second-order valence-corrected chi connectivity index (χ2v) is 4.59. The number of nitrogens with two attached hydrogens (primary N) is 2. The van der Waals surface area contributed by atoms with Crippen LogP contribution in [0.4, 0.5) is 11.4 Å². The van der Waals surface area contributed by atoms with Gasteiger partial charge >= 0.3 is 0 Å². The Labute approximate surface area is 95.3 Å². The van der Waals surface area contributed by atoms with Gasteiger partial charge in [-0.15, -0.1) is 0 Å². The summed E-state index contributed by atoms with van der Waals surface area (Å²) in [6.07, 6.45) is 8.75. The van der Waals surface area contributed by atoms with Crippen LogP contribution in [-0.2, 0) is 0 Å². The monoisotopic (exact) mass is 221 g/mol. The Balaban J connectivity index is 2.34. The average molecular weight is 221 g/mol. The van der Waals surface area contributed by atoms with E-state index in [1.165, 1.54) is 31.7 Å². The van der Waals surface area contributed by atoms with Gasteiger partial charge in [0.1, 0.15) is 0 Å². The summed E-state index contributed by atoms with van der Waals surface area (Å²) in [4.78, 5) is 11.9. The summed E-state index contributed by atoms with van der Waals surface area (Å²) in [5, 5.41) is 0. The minimum atomic E-state index is -0.0962. The molecule has 0 aliphatic heterocycles. The lowest BCUT2D eigenvalue weighted by Crippen LogP contribution is -2.26. The van der Waals surface area contributed by atoms with Crippen LogP contribution in [-0.4, -0.2) is 4.57 Å². The summed E-state index contributed by atoms with van der Waals surface area (Å²) in [5.74, 6) is 0. The highest BCUT2D eigenvalue weighted by molar-refractivity contribution is 5.48. The Morgan fingerprint density at radius 1 is 1.12 bits per heavy atom. The summed E-state index contributed by atoms with van der Waals surface area (Å²) in [6.45, 7) is 0. The maximum absolute atomic E-state index is 11.9. The molecule has 1 aromatic heterocycles. The first-order valence-electron chi connectivity index (χ1n) is 5.95. The van der Waals surface area contributed by atoms with E-state index in [4.69, 9.17) is 11.5 Å². The summed E-state index contributed by atoms with van der Waals surface area (Å²) in [6, 6.07) is 1.82. The molecule has 0 radical (unpaired) electrons. The van der Waals surface area contributed by atoms with Crippen molar-refractivity contribution in [1.82, 2.24) is 4.57 Å². The van der Waals surface area contributed by atoms with Crippen LogP contribution in [0.5, 0.6) is 0 Å². The van der Waals surface area contributed by atoms with Crippen molar-refractivity contribution in [3.8, 4) is 0 Å². The Kier molecular flexibility index (Phi) is 3.17. The molecule has 1 saturated carbocycles. The molecule has 0 saturated heterocycles. The Bertz CT molecular complexity index is 417.